The Morgan fingerprint density at radius 2 is 1.87 bits per heavy atom. The number of aryl methyl sites for hydroxylation is 2. The molecule has 1 amide bonds. The van der Waals surface area contributed by atoms with Crippen LogP contribution in [0.4, 0.5) is 5.69 Å². The van der Waals surface area contributed by atoms with Gasteiger partial charge in [-0.25, -0.2) is 4.99 Å². The fourth-order valence-electron chi connectivity index (χ4n) is 3.21. The molecule has 2 aromatic carbocycles. The number of anilines is 1. The van der Waals surface area contributed by atoms with Crippen LogP contribution in [0.2, 0.25) is 0 Å². The summed E-state index contributed by atoms with van der Waals surface area (Å²) >= 11 is 3.41. The number of guanidine groups is 1. The van der Waals surface area contributed by atoms with Gasteiger partial charge < -0.3 is 5.32 Å². The third-order valence-corrected chi connectivity index (χ3v) is 5.71. The molecule has 0 radical (unpaired) electrons. The van der Waals surface area contributed by atoms with Gasteiger partial charge in [0, 0.05) is 34.0 Å². The zero-order valence-corrected chi connectivity index (χ0v) is 20.1. The minimum absolute atomic E-state index is 0.231. The van der Waals surface area contributed by atoms with E-state index in [-0.39, 0.29) is 5.91 Å². The maximum Gasteiger partial charge on any atom is 0.257 e. The molecule has 31 heavy (non-hydrogen) atoms. The molecule has 7 heteroatoms. The smallest absolute Gasteiger partial charge is 0.257 e. The Labute approximate surface area is 191 Å². The van der Waals surface area contributed by atoms with Crippen LogP contribution in [0.3, 0.4) is 0 Å². The molecule has 3 rings (SSSR count). The Balaban J connectivity index is 1.86. The normalized spacial score (nSPS) is 11.6. The molecule has 2 N–H and O–H groups in total. The number of hydrogen-bond acceptors (Lipinski definition) is 3. The molecule has 0 saturated carbocycles. The molecule has 0 spiro atoms. The zero-order chi connectivity index (χ0) is 22.5. The van der Waals surface area contributed by atoms with Crippen LogP contribution in [0.5, 0.6) is 0 Å². The van der Waals surface area contributed by atoms with Crippen molar-refractivity contribution in [2.75, 3.05) is 5.32 Å². The molecule has 0 fully saturated rings. The molecular weight excluding hydrogens is 454 g/mol. The van der Waals surface area contributed by atoms with Crippen LogP contribution >= 0.6 is 15.9 Å². The fraction of sp³-hybridized carbons (Fsp3) is 0.292. The van der Waals surface area contributed by atoms with E-state index in [2.05, 4.69) is 62.6 Å². The van der Waals surface area contributed by atoms with Crippen molar-refractivity contribution in [2.45, 2.75) is 40.2 Å². The summed E-state index contributed by atoms with van der Waals surface area (Å²) in [4.78, 5) is 17.5. The first-order chi connectivity index (χ1) is 14.7. The molecule has 0 bridgehead atoms. The number of hydrogen-bond donors (Lipinski definition) is 2. The molecule has 0 aliphatic heterocycles. The Morgan fingerprint density at radius 1 is 1.16 bits per heavy atom. The van der Waals surface area contributed by atoms with Gasteiger partial charge in [0.1, 0.15) is 0 Å². The Kier molecular flexibility index (Phi) is 7.28. The minimum atomic E-state index is -0.231. The lowest BCUT2D eigenvalue weighted by Crippen LogP contribution is -2.36. The second-order valence-corrected chi connectivity index (χ2v) is 8.72. The highest BCUT2D eigenvalue weighted by molar-refractivity contribution is 9.10. The number of halogens is 1. The molecule has 1 heterocycles. The van der Waals surface area contributed by atoms with E-state index in [0.29, 0.717) is 24.0 Å². The second-order valence-electron chi connectivity index (χ2n) is 7.80. The first-order valence-electron chi connectivity index (χ1n) is 10.2. The molecular formula is C24H28BrN5O. The van der Waals surface area contributed by atoms with Crippen LogP contribution in [0.25, 0.3) is 0 Å². The van der Waals surface area contributed by atoms with Gasteiger partial charge >= 0.3 is 0 Å². The molecule has 6 nitrogen and oxygen atoms in total. The lowest BCUT2D eigenvalue weighted by atomic mass is 10.0. The van der Waals surface area contributed by atoms with Gasteiger partial charge in [-0.15, -0.1) is 0 Å². The van der Waals surface area contributed by atoms with Gasteiger partial charge in [0.15, 0.2) is 0 Å². The van der Waals surface area contributed by atoms with E-state index in [0.717, 1.165) is 27.1 Å². The highest BCUT2D eigenvalue weighted by atomic mass is 79.9. The number of benzene rings is 2. The molecule has 0 aliphatic carbocycles. The lowest BCUT2D eigenvalue weighted by Gasteiger charge is -2.13. The van der Waals surface area contributed by atoms with Crippen LogP contribution in [0.15, 0.2) is 58.0 Å². The average molecular weight is 482 g/mol. The summed E-state index contributed by atoms with van der Waals surface area (Å²) in [5.41, 5.74) is 5.70. The van der Waals surface area contributed by atoms with E-state index in [1.54, 1.807) is 12.1 Å². The highest BCUT2D eigenvalue weighted by Gasteiger charge is 2.13. The van der Waals surface area contributed by atoms with Crippen molar-refractivity contribution in [2.24, 2.45) is 12.0 Å². The number of aromatic nitrogens is 2. The van der Waals surface area contributed by atoms with Gasteiger partial charge in [0.25, 0.3) is 5.91 Å². The molecule has 1 aromatic heterocycles. The summed E-state index contributed by atoms with van der Waals surface area (Å²) < 4.78 is 2.69. The maximum atomic E-state index is 12.8. The fourth-order valence-corrected chi connectivity index (χ4v) is 3.61. The molecule has 0 aliphatic rings. The predicted molar refractivity (Wildman–Crippen MR) is 130 cm³/mol. The van der Waals surface area contributed by atoms with E-state index < -0.39 is 0 Å². The largest absolute Gasteiger partial charge is 0.326 e. The first-order valence-corrected chi connectivity index (χ1v) is 11.0. The first kappa shape index (κ1) is 22.7. The number of rotatable bonds is 5. The van der Waals surface area contributed by atoms with Gasteiger partial charge in [-0.05, 0) is 55.7 Å². The van der Waals surface area contributed by atoms with Crippen molar-refractivity contribution >= 4 is 33.5 Å². The van der Waals surface area contributed by atoms with Gasteiger partial charge in [-0.3, -0.25) is 14.8 Å². The zero-order valence-electron chi connectivity index (χ0n) is 18.5. The summed E-state index contributed by atoms with van der Waals surface area (Å²) in [6.45, 7) is 8.72. The number of aliphatic imine (C=N–C) groups is 1. The predicted octanol–water partition coefficient (Wildman–Crippen LogP) is 5.32. The summed E-state index contributed by atoms with van der Waals surface area (Å²) in [5, 5.41) is 10.6. The topological polar surface area (TPSA) is 71.3 Å². The SMILES string of the molecule is Cc1nn(C)c(C)c1CN=C(NC(=O)c1cccc(Br)c1)Nc1ccc(C(C)C)cc1. The molecule has 162 valence electrons. The van der Waals surface area contributed by atoms with E-state index in [1.807, 2.05) is 49.8 Å². The minimum Gasteiger partial charge on any atom is -0.326 e. The van der Waals surface area contributed by atoms with Crippen LogP contribution in [0, 0.1) is 13.8 Å². The third kappa shape index (κ3) is 5.82. The van der Waals surface area contributed by atoms with Gasteiger partial charge in [-0.2, -0.15) is 5.10 Å². The number of carbonyl (C=O) groups is 1. The average Bonchev–Trinajstić information content (AvgIpc) is 2.97. The Hall–Kier alpha value is -2.93. The van der Waals surface area contributed by atoms with Crippen LogP contribution in [0.1, 0.15) is 52.6 Å². The van der Waals surface area contributed by atoms with Crippen LogP contribution < -0.4 is 10.6 Å². The van der Waals surface area contributed by atoms with E-state index >= 15 is 0 Å². The summed E-state index contributed by atoms with van der Waals surface area (Å²) in [5.74, 6) is 0.617. The van der Waals surface area contributed by atoms with Crippen molar-refractivity contribution in [3.8, 4) is 0 Å². The van der Waals surface area contributed by atoms with Crippen LogP contribution in [-0.4, -0.2) is 21.6 Å². The van der Waals surface area contributed by atoms with Gasteiger partial charge in [-0.1, -0.05) is 48.0 Å². The number of carbonyl (C=O) groups excluding carboxylic acids is 1. The molecule has 0 saturated heterocycles. The standard InChI is InChI=1S/C24H28BrN5O/c1-15(2)18-9-11-21(12-10-18)27-24(26-14-22-16(3)29-30(5)17(22)4)28-23(31)19-7-6-8-20(25)13-19/h6-13,15H,14H2,1-5H3,(H2,26,27,28,31). The van der Waals surface area contributed by atoms with Crippen molar-refractivity contribution in [3.63, 3.8) is 0 Å². The summed E-state index contributed by atoms with van der Waals surface area (Å²) in [7, 11) is 1.92. The van der Waals surface area contributed by atoms with E-state index in [9.17, 15) is 4.79 Å². The highest BCUT2D eigenvalue weighted by Crippen LogP contribution is 2.18. The molecule has 0 atom stereocenters. The lowest BCUT2D eigenvalue weighted by molar-refractivity contribution is 0.0977. The number of nitrogens with one attached hydrogen (secondary N) is 2. The Morgan fingerprint density at radius 3 is 2.45 bits per heavy atom. The molecule has 3 aromatic rings. The monoisotopic (exact) mass is 481 g/mol. The van der Waals surface area contributed by atoms with E-state index in [4.69, 9.17) is 0 Å². The van der Waals surface area contributed by atoms with Gasteiger partial charge in [0.05, 0.1) is 12.2 Å². The Bertz CT molecular complexity index is 1100. The van der Waals surface area contributed by atoms with Crippen molar-refractivity contribution in [1.29, 1.82) is 0 Å². The second kappa shape index (κ2) is 9.92. The molecule has 0 unspecified atom stereocenters. The van der Waals surface area contributed by atoms with E-state index in [1.165, 1.54) is 5.56 Å². The van der Waals surface area contributed by atoms with Gasteiger partial charge in [0.2, 0.25) is 5.96 Å². The number of amides is 1. The quantitative estimate of drug-likeness (QED) is 0.382. The summed E-state index contributed by atoms with van der Waals surface area (Å²) in [6.07, 6.45) is 0. The number of nitrogens with zero attached hydrogens (tertiary/aromatic N) is 3. The van der Waals surface area contributed by atoms with Crippen molar-refractivity contribution in [3.05, 3.63) is 81.1 Å². The maximum absolute atomic E-state index is 12.8. The van der Waals surface area contributed by atoms with Crippen molar-refractivity contribution < 1.29 is 4.79 Å². The third-order valence-electron chi connectivity index (χ3n) is 5.21. The van der Waals surface area contributed by atoms with Crippen LogP contribution in [-0.2, 0) is 13.6 Å². The summed E-state index contributed by atoms with van der Waals surface area (Å²) in [6, 6.07) is 15.4. The van der Waals surface area contributed by atoms with Crippen molar-refractivity contribution in [1.82, 2.24) is 15.1 Å².